The first-order valence-electron chi connectivity index (χ1n) is 9.98. The van der Waals surface area contributed by atoms with E-state index in [1.54, 1.807) is 30.3 Å². The van der Waals surface area contributed by atoms with Crippen molar-refractivity contribution < 1.29 is 18.7 Å². The van der Waals surface area contributed by atoms with Crippen LogP contribution in [0.25, 0.3) is 0 Å². The van der Waals surface area contributed by atoms with Crippen LogP contribution in [0.2, 0.25) is 5.02 Å². The van der Waals surface area contributed by atoms with Gasteiger partial charge in [0.05, 0.1) is 11.6 Å². The zero-order valence-electron chi connectivity index (χ0n) is 17.1. The Kier molecular flexibility index (Phi) is 6.05. The third-order valence-corrected chi connectivity index (χ3v) is 5.44. The molecule has 2 N–H and O–H groups in total. The normalized spacial score (nSPS) is 14.8. The third kappa shape index (κ3) is 4.86. The van der Waals surface area contributed by atoms with Crippen molar-refractivity contribution in [2.45, 2.75) is 31.3 Å². The Labute approximate surface area is 189 Å². The predicted molar refractivity (Wildman–Crippen MR) is 116 cm³/mol. The molecule has 7 nitrogen and oxygen atoms in total. The Morgan fingerprint density at radius 3 is 2.44 bits per heavy atom. The van der Waals surface area contributed by atoms with Gasteiger partial charge in [0, 0.05) is 17.4 Å². The second-order valence-corrected chi connectivity index (χ2v) is 8.04. The number of hydrogen-bond donors (Lipinski definition) is 2. The summed E-state index contributed by atoms with van der Waals surface area (Å²) in [5, 5.41) is 6.02. The number of nitrogens with one attached hydrogen (secondary N) is 2. The fourth-order valence-electron chi connectivity index (χ4n) is 3.17. The van der Waals surface area contributed by atoms with E-state index in [-0.39, 0.29) is 28.6 Å². The van der Waals surface area contributed by atoms with E-state index in [0.717, 1.165) is 5.56 Å². The molecule has 0 aliphatic heterocycles. The zero-order chi connectivity index (χ0) is 22.7. The highest BCUT2D eigenvalue weighted by atomic mass is 35.5. The van der Waals surface area contributed by atoms with Crippen LogP contribution >= 0.6 is 11.6 Å². The molecule has 1 fully saturated rings. The lowest BCUT2D eigenvalue weighted by atomic mass is 10.1. The lowest BCUT2D eigenvalue weighted by Crippen LogP contribution is -2.49. The van der Waals surface area contributed by atoms with Crippen LogP contribution in [0.15, 0.2) is 61.2 Å². The predicted octanol–water partition coefficient (Wildman–Crippen LogP) is 4.20. The van der Waals surface area contributed by atoms with Crippen LogP contribution in [0.3, 0.4) is 0 Å². The molecule has 4 rings (SSSR count). The largest absolute Gasteiger partial charge is 0.454 e. The third-order valence-electron chi connectivity index (χ3n) is 5.21. The Morgan fingerprint density at radius 1 is 1.12 bits per heavy atom. The van der Waals surface area contributed by atoms with Crippen molar-refractivity contribution in [3.05, 3.63) is 83.2 Å². The molecular weight excluding hydrogens is 435 g/mol. The minimum absolute atomic E-state index is 0.0683. The number of halogens is 2. The highest BCUT2D eigenvalue weighted by Crippen LogP contribution is 2.36. The lowest BCUT2D eigenvalue weighted by molar-refractivity contribution is -0.124. The molecule has 2 amide bonds. The second-order valence-electron chi connectivity index (χ2n) is 7.60. The highest BCUT2D eigenvalue weighted by molar-refractivity contribution is 6.30. The molecule has 0 saturated heterocycles. The molecule has 0 radical (unpaired) electrons. The van der Waals surface area contributed by atoms with Gasteiger partial charge in [-0.05, 0) is 55.7 Å². The number of aromatic nitrogens is 2. The summed E-state index contributed by atoms with van der Waals surface area (Å²) in [6.07, 6.45) is 5.26. The van der Waals surface area contributed by atoms with Crippen LogP contribution in [0.1, 0.15) is 41.7 Å². The molecule has 9 heteroatoms. The number of rotatable bonds is 7. The molecule has 0 bridgehead atoms. The van der Waals surface area contributed by atoms with Crippen molar-refractivity contribution in [2.24, 2.45) is 0 Å². The molecule has 1 atom stereocenters. The number of hydrogen-bond acceptors (Lipinski definition) is 5. The summed E-state index contributed by atoms with van der Waals surface area (Å²) < 4.78 is 19.5. The van der Waals surface area contributed by atoms with Crippen molar-refractivity contribution in [2.75, 3.05) is 0 Å². The lowest BCUT2D eigenvalue weighted by Gasteiger charge is -2.21. The molecule has 1 saturated carbocycles. The van der Waals surface area contributed by atoms with Gasteiger partial charge in [-0.2, -0.15) is 0 Å². The quantitative estimate of drug-likeness (QED) is 0.558. The molecule has 1 aromatic heterocycles. The molecule has 32 heavy (non-hydrogen) atoms. The Morgan fingerprint density at radius 2 is 1.81 bits per heavy atom. The average Bonchev–Trinajstić information content (AvgIpc) is 3.57. The van der Waals surface area contributed by atoms with Gasteiger partial charge in [0.1, 0.15) is 17.6 Å². The van der Waals surface area contributed by atoms with Gasteiger partial charge in [-0.25, -0.2) is 14.4 Å². The monoisotopic (exact) mass is 454 g/mol. The van der Waals surface area contributed by atoms with Crippen molar-refractivity contribution >= 4 is 23.4 Å². The van der Waals surface area contributed by atoms with Crippen molar-refractivity contribution in [3.63, 3.8) is 0 Å². The Bertz CT molecular complexity index is 1140. The number of benzene rings is 2. The summed E-state index contributed by atoms with van der Waals surface area (Å²) in [6.45, 7) is 1.84. The van der Waals surface area contributed by atoms with Gasteiger partial charge in [-0.15, -0.1) is 0 Å². The SMILES string of the molecule is CC(NC(=O)C1(NC(=O)c2cncnc2)CC1)c1ccc(Oc2ccc(Cl)cc2F)cc1. The number of amides is 2. The van der Waals surface area contributed by atoms with E-state index in [2.05, 4.69) is 20.6 Å². The first kappa shape index (κ1) is 21.7. The maximum absolute atomic E-state index is 13.9. The van der Waals surface area contributed by atoms with Crippen molar-refractivity contribution in [1.29, 1.82) is 0 Å². The molecule has 0 spiro atoms. The van der Waals surface area contributed by atoms with E-state index in [9.17, 15) is 14.0 Å². The second kappa shape index (κ2) is 8.92. The minimum Gasteiger partial charge on any atom is -0.454 e. The van der Waals surface area contributed by atoms with Gasteiger partial charge in [-0.1, -0.05) is 23.7 Å². The molecule has 1 heterocycles. The van der Waals surface area contributed by atoms with E-state index in [4.69, 9.17) is 16.3 Å². The van der Waals surface area contributed by atoms with Gasteiger partial charge >= 0.3 is 0 Å². The molecule has 164 valence electrons. The summed E-state index contributed by atoms with van der Waals surface area (Å²) in [7, 11) is 0. The summed E-state index contributed by atoms with van der Waals surface area (Å²) in [5.41, 5.74) is 0.212. The van der Waals surface area contributed by atoms with Crippen LogP contribution in [0.4, 0.5) is 4.39 Å². The summed E-state index contributed by atoms with van der Waals surface area (Å²) >= 11 is 5.75. The molecular formula is C23H20ClFN4O3. The van der Waals surface area contributed by atoms with Crippen LogP contribution < -0.4 is 15.4 Å². The summed E-state index contributed by atoms with van der Waals surface area (Å²) in [6, 6.07) is 10.8. The van der Waals surface area contributed by atoms with E-state index >= 15 is 0 Å². The van der Waals surface area contributed by atoms with Crippen molar-refractivity contribution in [1.82, 2.24) is 20.6 Å². The number of nitrogens with zero attached hydrogens (tertiary/aromatic N) is 2. The zero-order valence-corrected chi connectivity index (χ0v) is 17.9. The van der Waals surface area contributed by atoms with Crippen LogP contribution in [-0.2, 0) is 4.79 Å². The molecule has 1 aliphatic carbocycles. The Hall–Kier alpha value is -3.52. The average molecular weight is 455 g/mol. The first-order valence-corrected chi connectivity index (χ1v) is 10.4. The molecule has 2 aromatic carbocycles. The van der Waals surface area contributed by atoms with Crippen LogP contribution in [0, 0.1) is 5.82 Å². The molecule has 1 unspecified atom stereocenters. The van der Waals surface area contributed by atoms with E-state index in [0.29, 0.717) is 24.2 Å². The molecule has 3 aromatic rings. The smallest absolute Gasteiger partial charge is 0.255 e. The van der Waals surface area contributed by atoms with E-state index in [1.165, 1.54) is 30.9 Å². The number of ether oxygens (including phenoxy) is 1. The Balaban J connectivity index is 1.36. The van der Waals surface area contributed by atoms with Gasteiger partial charge in [0.25, 0.3) is 5.91 Å². The first-order chi connectivity index (χ1) is 15.4. The summed E-state index contributed by atoms with van der Waals surface area (Å²) in [4.78, 5) is 32.8. The topological polar surface area (TPSA) is 93.2 Å². The van der Waals surface area contributed by atoms with Crippen LogP contribution in [0.5, 0.6) is 11.5 Å². The van der Waals surface area contributed by atoms with Crippen LogP contribution in [-0.4, -0.2) is 27.3 Å². The van der Waals surface area contributed by atoms with Crippen molar-refractivity contribution in [3.8, 4) is 11.5 Å². The van der Waals surface area contributed by atoms with Gasteiger partial charge in [-0.3, -0.25) is 9.59 Å². The standard InChI is InChI=1S/C23H20ClFN4O3/c1-14(15-2-5-18(6-3-15)32-20-7-4-17(24)10-19(20)25)28-22(31)23(8-9-23)29-21(30)16-11-26-13-27-12-16/h2-7,10-14H,8-9H2,1H3,(H,28,31)(H,29,30). The van der Waals surface area contributed by atoms with Gasteiger partial charge in [0.15, 0.2) is 11.6 Å². The number of carbonyl (C=O) groups excluding carboxylic acids is 2. The van der Waals surface area contributed by atoms with E-state index < -0.39 is 11.4 Å². The van der Waals surface area contributed by atoms with Gasteiger partial charge in [0.2, 0.25) is 5.91 Å². The maximum atomic E-state index is 13.9. The minimum atomic E-state index is -0.920. The maximum Gasteiger partial charge on any atom is 0.255 e. The van der Waals surface area contributed by atoms with Gasteiger partial charge < -0.3 is 15.4 Å². The fourth-order valence-corrected chi connectivity index (χ4v) is 3.33. The van der Waals surface area contributed by atoms with E-state index in [1.807, 2.05) is 6.92 Å². The number of carbonyl (C=O) groups is 2. The highest BCUT2D eigenvalue weighted by Gasteiger charge is 2.51. The fraction of sp³-hybridized carbons (Fsp3) is 0.217. The molecule has 1 aliphatic rings. The summed E-state index contributed by atoms with van der Waals surface area (Å²) in [5.74, 6) is -0.676.